The van der Waals surface area contributed by atoms with Crippen LogP contribution in [0.2, 0.25) is 0 Å². The molecule has 0 saturated carbocycles. The molecule has 0 aliphatic rings. The Hall–Kier alpha value is -1.87. The van der Waals surface area contributed by atoms with E-state index in [4.69, 9.17) is 4.42 Å². The van der Waals surface area contributed by atoms with Crippen molar-refractivity contribution in [2.75, 3.05) is 0 Å². The van der Waals surface area contributed by atoms with E-state index in [1.165, 1.54) is 0 Å². The minimum Gasteiger partial charge on any atom is -0.458 e. The molecule has 0 aliphatic heterocycles. The Balaban J connectivity index is 2.47. The third-order valence-corrected chi connectivity index (χ3v) is 2.99. The monoisotopic (exact) mass is 227 g/mol. The van der Waals surface area contributed by atoms with Gasteiger partial charge in [-0.05, 0) is 32.0 Å². The Morgan fingerprint density at radius 3 is 2.76 bits per heavy atom. The topological polar surface area (TPSA) is 46.3 Å². The van der Waals surface area contributed by atoms with Crippen molar-refractivity contribution in [1.29, 1.82) is 0 Å². The van der Waals surface area contributed by atoms with Crippen LogP contribution in [0.5, 0.6) is 0 Å². The minimum absolute atomic E-state index is 0.584. The molecule has 1 atom stereocenters. The number of para-hydroxylation sites is 1. The van der Waals surface area contributed by atoms with Gasteiger partial charge in [-0.25, -0.2) is 0 Å². The number of fused-ring (bicyclic) bond motifs is 3. The second kappa shape index (κ2) is 3.57. The largest absolute Gasteiger partial charge is 0.458 e. The van der Waals surface area contributed by atoms with Gasteiger partial charge in [0.1, 0.15) is 17.4 Å². The molecule has 0 fully saturated rings. The highest BCUT2D eigenvalue weighted by Crippen LogP contribution is 2.31. The fourth-order valence-electron chi connectivity index (χ4n) is 2.09. The van der Waals surface area contributed by atoms with Gasteiger partial charge in [0.25, 0.3) is 0 Å². The minimum atomic E-state index is -0.597. The zero-order valence-electron chi connectivity index (χ0n) is 9.77. The zero-order chi connectivity index (χ0) is 12.0. The summed E-state index contributed by atoms with van der Waals surface area (Å²) in [5, 5.41) is 11.5. The van der Waals surface area contributed by atoms with Crippen LogP contribution in [0, 0.1) is 6.92 Å². The summed E-state index contributed by atoms with van der Waals surface area (Å²) in [6.45, 7) is 3.65. The fraction of sp³-hybridized carbons (Fsp3) is 0.214. The van der Waals surface area contributed by atoms with Crippen LogP contribution in [0.1, 0.15) is 24.5 Å². The normalized spacial score (nSPS) is 13.4. The average Bonchev–Trinajstić information content (AvgIpc) is 2.75. The van der Waals surface area contributed by atoms with Crippen LogP contribution in [-0.2, 0) is 0 Å². The molecular weight excluding hydrogens is 214 g/mol. The Kier molecular flexibility index (Phi) is 2.16. The Bertz CT molecular complexity index is 698. The first kappa shape index (κ1) is 10.3. The van der Waals surface area contributed by atoms with Crippen LogP contribution in [-0.4, -0.2) is 10.1 Å². The molecule has 0 spiro atoms. The van der Waals surface area contributed by atoms with Crippen molar-refractivity contribution in [1.82, 2.24) is 4.98 Å². The number of aryl methyl sites for hydroxylation is 1. The standard InChI is InChI=1S/C14H13NO2/c1-8-11-7-13(9(2)16)17-14(11)10-5-3-4-6-12(10)15-8/h3-7,9,16H,1-2H3. The molecule has 86 valence electrons. The molecule has 1 unspecified atom stereocenters. The lowest BCUT2D eigenvalue weighted by molar-refractivity contribution is 0.172. The van der Waals surface area contributed by atoms with Gasteiger partial charge < -0.3 is 9.52 Å². The smallest absolute Gasteiger partial charge is 0.145 e. The number of aromatic nitrogens is 1. The Labute approximate surface area is 98.7 Å². The quantitative estimate of drug-likeness (QED) is 0.693. The van der Waals surface area contributed by atoms with E-state index in [0.29, 0.717) is 5.76 Å². The summed E-state index contributed by atoms with van der Waals surface area (Å²) in [4.78, 5) is 4.53. The van der Waals surface area contributed by atoms with Crippen LogP contribution < -0.4 is 0 Å². The van der Waals surface area contributed by atoms with Gasteiger partial charge in [0, 0.05) is 16.5 Å². The summed E-state index contributed by atoms with van der Waals surface area (Å²) in [5.74, 6) is 0.584. The number of aliphatic hydroxyl groups is 1. The van der Waals surface area contributed by atoms with E-state index in [2.05, 4.69) is 4.98 Å². The molecule has 0 bridgehead atoms. The Morgan fingerprint density at radius 1 is 1.24 bits per heavy atom. The lowest BCUT2D eigenvalue weighted by Gasteiger charge is -2.00. The van der Waals surface area contributed by atoms with Gasteiger partial charge >= 0.3 is 0 Å². The van der Waals surface area contributed by atoms with E-state index in [1.807, 2.05) is 37.3 Å². The van der Waals surface area contributed by atoms with Crippen molar-refractivity contribution in [2.45, 2.75) is 20.0 Å². The number of hydrogen-bond acceptors (Lipinski definition) is 3. The van der Waals surface area contributed by atoms with Gasteiger partial charge in [0.15, 0.2) is 0 Å². The van der Waals surface area contributed by atoms with Gasteiger partial charge in [-0.2, -0.15) is 0 Å². The molecule has 1 aromatic carbocycles. The van der Waals surface area contributed by atoms with Crippen LogP contribution in [0.25, 0.3) is 21.9 Å². The van der Waals surface area contributed by atoms with Crippen molar-refractivity contribution in [3.8, 4) is 0 Å². The van der Waals surface area contributed by atoms with Crippen LogP contribution in [0.15, 0.2) is 34.7 Å². The first-order chi connectivity index (χ1) is 8.16. The zero-order valence-corrected chi connectivity index (χ0v) is 9.77. The highest BCUT2D eigenvalue weighted by molar-refractivity contribution is 6.03. The van der Waals surface area contributed by atoms with E-state index in [1.54, 1.807) is 6.92 Å². The third kappa shape index (κ3) is 1.51. The molecule has 0 saturated heterocycles. The summed E-state index contributed by atoms with van der Waals surface area (Å²) in [5.41, 5.74) is 2.65. The molecular formula is C14H13NO2. The highest BCUT2D eigenvalue weighted by Gasteiger charge is 2.13. The molecule has 0 radical (unpaired) electrons. The van der Waals surface area contributed by atoms with E-state index in [9.17, 15) is 5.11 Å². The first-order valence-electron chi connectivity index (χ1n) is 5.63. The van der Waals surface area contributed by atoms with Gasteiger partial charge in [0.05, 0.1) is 5.52 Å². The number of furan rings is 1. The lowest BCUT2D eigenvalue weighted by Crippen LogP contribution is -1.85. The van der Waals surface area contributed by atoms with Crippen molar-refractivity contribution in [3.05, 3.63) is 41.8 Å². The number of nitrogens with zero attached hydrogens (tertiary/aromatic N) is 1. The summed E-state index contributed by atoms with van der Waals surface area (Å²) in [6.07, 6.45) is -0.597. The van der Waals surface area contributed by atoms with Gasteiger partial charge in [-0.15, -0.1) is 0 Å². The SMILES string of the molecule is Cc1nc2ccccc2c2oc(C(C)O)cc12. The predicted molar refractivity (Wildman–Crippen MR) is 66.9 cm³/mol. The molecule has 3 nitrogen and oxygen atoms in total. The average molecular weight is 227 g/mol. The summed E-state index contributed by atoms with van der Waals surface area (Å²) in [6, 6.07) is 9.74. The van der Waals surface area contributed by atoms with Crippen molar-refractivity contribution in [2.24, 2.45) is 0 Å². The van der Waals surface area contributed by atoms with E-state index >= 15 is 0 Å². The van der Waals surface area contributed by atoms with E-state index in [0.717, 1.165) is 27.6 Å². The maximum absolute atomic E-state index is 9.57. The van der Waals surface area contributed by atoms with E-state index < -0.39 is 6.10 Å². The molecule has 17 heavy (non-hydrogen) atoms. The maximum Gasteiger partial charge on any atom is 0.145 e. The van der Waals surface area contributed by atoms with Crippen molar-refractivity contribution >= 4 is 21.9 Å². The number of hydrogen-bond donors (Lipinski definition) is 1. The van der Waals surface area contributed by atoms with Crippen molar-refractivity contribution in [3.63, 3.8) is 0 Å². The highest BCUT2D eigenvalue weighted by atomic mass is 16.4. The molecule has 0 aliphatic carbocycles. The molecule has 3 rings (SSSR count). The second-order valence-electron chi connectivity index (χ2n) is 4.28. The number of aliphatic hydroxyl groups excluding tert-OH is 1. The summed E-state index contributed by atoms with van der Waals surface area (Å²) in [7, 11) is 0. The molecule has 2 heterocycles. The predicted octanol–water partition coefficient (Wildman–Crippen LogP) is 3.34. The molecule has 1 N–H and O–H groups in total. The summed E-state index contributed by atoms with van der Waals surface area (Å²) < 4.78 is 5.73. The number of benzene rings is 1. The van der Waals surface area contributed by atoms with Gasteiger partial charge in [-0.3, -0.25) is 4.98 Å². The van der Waals surface area contributed by atoms with E-state index in [-0.39, 0.29) is 0 Å². The number of rotatable bonds is 1. The number of pyridine rings is 1. The summed E-state index contributed by atoms with van der Waals surface area (Å²) >= 11 is 0. The molecule has 0 amide bonds. The Morgan fingerprint density at radius 2 is 2.00 bits per heavy atom. The second-order valence-corrected chi connectivity index (χ2v) is 4.28. The first-order valence-corrected chi connectivity index (χ1v) is 5.63. The van der Waals surface area contributed by atoms with Crippen molar-refractivity contribution < 1.29 is 9.52 Å². The third-order valence-electron chi connectivity index (χ3n) is 2.99. The maximum atomic E-state index is 9.57. The van der Waals surface area contributed by atoms with Crippen LogP contribution in [0.3, 0.4) is 0 Å². The molecule has 3 aromatic rings. The van der Waals surface area contributed by atoms with Crippen LogP contribution in [0.4, 0.5) is 0 Å². The molecule has 3 heteroatoms. The molecule has 2 aromatic heterocycles. The van der Waals surface area contributed by atoms with Crippen LogP contribution >= 0.6 is 0 Å². The fourth-order valence-corrected chi connectivity index (χ4v) is 2.09. The van der Waals surface area contributed by atoms with Gasteiger partial charge in [0.2, 0.25) is 0 Å². The lowest BCUT2D eigenvalue weighted by atomic mass is 10.1. The van der Waals surface area contributed by atoms with Gasteiger partial charge in [-0.1, -0.05) is 12.1 Å².